The Morgan fingerprint density at radius 2 is 0.852 bits per heavy atom. The molecule has 0 aliphatic carbocycles. The molecule has 0 atom stereocenters. The minimum absolute atomic E-state index is 0. The van der Waals surface area contributed by atoms with Gasteiger partial charge in [0.05, 0.1) is 0 Å². The van der Waals surface area contributed by atoms with E-state index >= 15 is 0 Å². The predicted octanol–water partition coefficient (Wildman–Crippen LogP) is 7.16. The van der Waals surface area contributed by atoms with E-state index < -0.39 is 0 Å². The first-order chi connectivity index (χ1) is 12.6. The third kappa shape index (κ3) is 19.6. The van der Waals surface area contributed by atoms with Gasteiger partial charge in [0.2, 0.25) is 0 Å². The van der Waals surface area contributed by atoms with Gasteiger partial charge in [-0.15, -0.1) is 36.4 Å². The quantitative estimate of drug-likeness (QED) is 0.236. The molecule has 0 amide bonds. The molecular weight excluding hydrogens is 360 g/mol. The largest absolute Gasteiger partial charge is 4.00 e. The number of hydrogen-bond acceptors (Lipinski definition) is 0. The van der Waals surface area contributed by atoms with Gasteiger partial charge in [0.15, 0.2) is 0 Å². The topological polar surface area (TPSA) is 0 Å². The fraction of sp³-hybridized carbons (Fsp3) is 0.0385. The Balaban J connectivity index is 0. The Kier molecular flexibility index (Phi) is 19.6. The minimum Gasteiger partial charge on any atom is -0.293 e. The molecule has 0 saturated heterocycles. The van der Waals surface area contributed by atoms with Crippen LogP contribution in [0.25, 0.3) is 0 Å². The molecule has 0 aliphatic rings. The van der Waals surface area contributed by atoms with Gasteiger partial charge in [-0.2, -0.15) is 79.9 Å². The van der Waals surface area contributed by atoms with E-state index in [-0.39, 0.29) is 21.7 Å². The van der Waals surface area contributed by atoms with Crippen molar-refractivity contribution in [1.29, 1.82) is 0 Å². The summed E-state index contributed by atoms with van der Waals surface area (Å²) >= 11 is 0. The van der Waals surface area contributed by atoms with E-state index in [2.05, 4.69) is 20.8 Å². The minimum atomic E-state index is 0. The molecule has 0 aliphatic heterocycles. The average molecular weight is 388 g/mol. The van der Waals surface area contributed by atoms with Gasteiger partial charge in [-0.1, -0.05) is 25.1 Å². The van der Waals surface area contributed by atoms with Gasteiger partial charge in [-0.25, -0.2) is 12.2 Å². The van der Waals surface area contributed by atoms with Crippen molar-refractivity contribution in [2.75, 3.05) is 0 Å². The van der Waals surface area contributed by atoms with Crippen molar-refractivity contribution in [2.45, 2.75) is 6.92 Å². The Bertz CT molecular complexity index is 597. The van der Waals surface area contributed by atoms with Crippen molar-refractivity contribution in [3.63, 3.8) is 0 Å². The molecule has 0 heterocycles. The van der Waals surface area contributed by atoms with Crippen LogP contribution in [-0.4, -0.2) is 0 Å². The zero-order chi connectivity index (χ0) is 19.5. The van der Waals surface area contributed by atoms with Crippen molar-refractivity contribution in [3.05, 3.63) is 153 Å². The van der Waals surface area contributed by atoms with Gasteiger partial charge in [0, 0.05) is 0 Å². The van der Waals surface area contributed by atoms with Gasteiger partial charge < -0.3 is 0 Å². The van der Waals surface area contributed by atoms with Gasteiger partial charge in [-0.3, -0.25) is 6.58 Å². The second-order valence-corrected chi connectivity index (χ2v) is 5.18. The summed E-state index contributed by atoms with van der Waals surface area (Å²) in [7, 11) is 0. The molecule has 0 N–H and O–H groups in total. The fourth-order valence-electron chi connectivity index (χ4n) is 1.55. The third-order valence-electron chi connectivity index (χ3n) is 2.83. The molecule has 0 nitrogen and oxygen atoms in total. The first-order valence-electron chi connectivity index (χ1n) is 8.37. The average Bonchev–Trinajstić information content (AvgIpc) is 2.66. The molecule has 27 heavy (non-hydrogen) atoms. The van der Waals surface area contributed by atoms with Crippen LogP contribution in [0.3, 0.4) is 0 Å². The van der Waals surface area contributed by atoms with Crippen molar-refractivity contribution < 1.29 is 21.7 Å². The second kappa shape index (κ2) is 19.8. The van der Waals surface area contributed by atoms with Crippen molar-refractivity contribution in [3.8, 4) is 0 Å². The SMILES string of the molecule is [CH-]=CC=CC.[CH2-]c1ccccc1.[CH2-]c1ccccc1.[CH2-]c1ccccc1.[Ti+4]. The summed E-state index contributed by atoms with van der Waals surface area (Å²) in [5.74, 6) is 0. The molecule has 1 heteroatoms. The van der Waals surface area contributed by atoms with E-state index in [4.69, 9.17) is 6.58 Å². The molecule has 0 spiro atoms. The summed E-state index contributed by atoms with van der Waals surface area (Å²) in [5.41, 5.74) is 3.22. The predicted molar refractivity (Wildman–Crippen MR) is 116 cm³/mol. The maximum absolute atomic E-state index is 4.93. The second-order valence-electron chi connectivity index (χ2n) is 5.18. The third-order valence-corrected chi connectivity index (χ3v) is 2.83. The molecule has 0 bridgehead atoms. The van der Waals surface area contributed by atoms with Gasteiger partial charge in [0.25, 0.3) is 0 Å². The normalized spacial score (nSPS) is 8.33. The number of benzene rings is 3. The summed E-state index contributed by atoms with van der Waals surface area (Å²) in [4.78, 5) is 0. The summed E-state index contributed by atoms with van der Waals surface area (Å²) in [6.45, 7) is 18.0. The summed E-state index contributed by atoms with van der Waals surface area (Å²) in [6.07, 6.45) is 5.15. The number of allylic oxidation sites excluding steroid dienone is 3. The van der Waals surface area contributed by atoms with E-state index in [1.54, 1.807) is 6.08 Å². The molecule has 0 saturated carbocycles. The summed E-state index contributed by atoms with van der Waals surface area (Å²) in [6, 6.07) is 29.6. The first-order valence-corrected chi connectivity index (χ1v) is 8.37. The van der Waals surface area contributed by atoms with E-state index in [0.29, 0.717) is 0 Å². The molecule has 3 rings (SSSR count). The van der Waals surface area contributed by atoms with Crippen LogP contribution in [0.1, 0.15) is 23.6 Å². The monoisotopic (exact) mass is 388 g/mol. The zero-order valence-electron chi connectivity index (χ0n) is 16.1. The molecule has 136 valence electrons. The maximum Gasteiger partial charge on any atom is 4.00 e. The van der Waals surface area contributed by atoms with Crippen LogP contribution in [0.5, 0.6) is 0 Å². The van der Waals surface area contributed by atoms with Gasteiger partial charge in [0.1, 0.15) is 0 Å². The molecule has 0 radical (unpaired) electrons. The smallest absolute Gasteiger partial charge is 0.293 e. The Morgan fingerprint density at radius 3 is 0.926 bits per heavy atom. The Labute approximate surface area is 181 Å². The molecule has 3 aromatic carbocycles. The van der Waals surface area contributed by atoms with E-state index in [1.165, 1.54) is 6.08 Å². The summed E-state index contributed by atoms with van der Waals surface area (Å²) in [5, 5.41) is 0. The molecule has 0 fully saturated rings. The Morgan fingerprint density at radius 1 is 0.593 bits per heavy atom. The summed E-state index contributed by atoms with van der Waals surface area (Å²) < 4.78 is 0. The van der Waals surface area contributed by atoms with Gasteiger partial charge in [-0.05, 0) is 0 Å². The number of rotatable bonds is 1. The van der Waals surface area contributed by atoms with Crippen LogP contribution in [0.2, 0.25) is 0 Å². The van der Waals surface area contributed by atoms with Crippen LogP contribution < -0.4 is 0 Å². The van der Waals surface area contributed by atoms with Crippen LogP contribution in [0.4, 0.5) is 0 Å². The maximum atomic E-state index is 4.93. The molecule has 0 aromatic heterocycles. The number of hydrogen-bond donors (Lipinski definition) is 0. The van der Waals surface area contributed by atoms with E-state index in [0.717, 1.165) is 16.7 Å². The standard InChI is InChI=1S/3C7H7.C5H7.Ti/c3*1-7-5-3-2-4-6-7;1-3-5-4-2;/h3*2-6H,1H2;1,3-5H,2H3;/q4*-1;+4. The van der Waals surface area contributed by atoms with Gasteiger partial charge >= 0.3 is 21.7 Å². The van der Waals surface area contributed by atoms with Crippen LogP contribution in [0.15, 0.2) is 109 Å². The van der Waals surface area contributed by atoms with E-state index in [9.17, 15) is 0 Å². The van der Waals surface area contributed by atoms with Crippen LogP contribution in [0, 0.1) is 27.4 Å². The first kappa shape index (κ1) is 26.7. The molecule has 3 aromatic rings. The molecular formula is C26H28Ti. The fourth-order valence-corrected chi connectivity index (χ4v) is 1.55. The zero-order valence-corrected chi connectivity index (χ0v) is 17.7. The van der Waals surface area contributed by atoms with Crippen molar-refractivity contribution >= 4 is 0 Å². The van der Waals surface area contributed by atoms with Crippen LogP contribution in [-0.2, 0) is 21.7 Å². The van der Waals surface area contributed by atoms with Crippen molar-refractivity contribution in [2.24, 2.45) is 0 Å². The molecule has 0 unspecified atom stereocenters. The Hall–Kier alpha value is -2.54. The van der Waals surface area contributed by atoms with Crippen LogP contribution >= 0.6 is 0 Å². The van der Waals surface area contributed by atoms with Crippen molar-refractivity contribution in [1.82, 2.24) is 0 Å². The van der Waals surface area contributed by atoms with E-state index in [1.807, 2.05) is 104 Å².